The zero-order valence-electron chi connectivity index (χ0n) is 22.7. The molecule has 3 aliphatic rings. The summed E-state index contributed by atoms with van der Waals surface area (Å²) in [5.41, 5.74) is 14.7. The number of aryl methyl sites for hydroxylation is 2. The second-order valence-electron chi connectivity index (χ2n) is 12.5. The molecule has 1 nitrogen and oxygen atoms in total. The van der Waals surface area contributed by atoms with Gasteiger partial charge in [0.1, 0.15) is 0 Å². The van der Waals surface area contributed by atoms with Gasteiger partial charge in [0.2, 0.25) is 0 Å². The summed E-state index contributed by atoms with van der Waals surface area (Å²) in [5, 5.41) is 2.97. The fourth-order valence-electron chi connectivity index (χ4n) is 7.48. The molecule has 0 N–H and O–H groups in total. The summed E-state index contributed by atoms with van der Waals surface area (Å²) in [6, 6.07) is 24.6. The van der Waals surface area contributed by atoms with Crippen molar-refractivity contribution in [2.75, 3.05) is 0 Å². The molecule has 0 fully saturated rings. The fourth-order valence-corrected chi connectivity index (χ4v) is 7.48. The number of benzene rings is 3. The van der Waals surface area contributed by atoms with Gasteiger partial charge in [-0.25, -0.2) is 0 Å². The van der Waals surface area contributed by atoms with Crippen LogP contribution in [0.15, 0.2) is 90.1 Å². The molecular formula is C36H35N. The highest BCUT2D eigenvalue weighted by Gasteiger charge is 2.50. The average molecular weight is 482 g/mol. The van der Waals surface area contributed by atoms with Gasteiger partial charge in [0.05, 0.1) is 5.69 Å². The molecule has 0 bridgehead atoms. The number of aromatic nitrogens is 1. The highest BCUT2D eigenvalue weighted by Crippen LogP contribution is 2.62. The van der Waals surface area contributed by atoms with Crippen molar-refractivity contribution in [2.24, 2.45) is 5.92 Å². The first-order valence-corrected chi connectivity index (χ1v) is 13.8. The Morgan fingerprint density at radius 1 is 0.865 bits per heavy atom. The summed E-state index contributed by atoms with van der Waals surface area (Å²) in [5.74, 6) is 0.537. The van der Waals surface area contributed by atoms with Crippen LogP contribution in [0.2, 0.25) is 0 Å². The molecule has 0 saturated heterocycles. The lowest BCUT2D eigenvalue weighted by atomic mass is 9.59. The Hall–Kier alpha value is -3.45. The highest BCUT2D eigenvalue weighted by atomic mass is 14.7. The van der Waals surface area contributed by atoms with Crippen LogP contribution >= 0.6 is 0 Å². The average Bonchev–Trinajstić information content (AvgIpc) is 3.13. The minimum atomic E-state index is 0.0470. The molecule has 184 valence electrons. The van der Waals surface area contributed by atoms with Crippen LogP contribution in [0, 0.1) is 12.8 Å². The number of nitrogens with zero attached hydrogens (tertiary/aromatic N) is 1. The largest absolute Gasteiger partial charge is 0.256 e. The molecule has 1 heterocycles. The molecule has 3 aliphatic carbocycles. The smallest absolute Gasteiger partial charge is 0.0701 e. The normalized spacial score (nSPS) is 20.4. The Morgan fingerprint density at radius 3 is 2.43 bits per heavy atom. The van der Waals surface area contributed by atoms with Crippen molar-refractivity contribution < 1.29 is 0 Å². The number of rotatable bonds is 4. The molecule has 0 aliphatic heterocycles. The SMILES string of the molecule is Cc1cc2c3c4c(cccc14)C(C)(C)C1CC(CCc4ccc(-c5ccccn5)cc4)=CC(=C31)C2(C)C. The molecule has 0 saturated carbocycles. The van der Waals surface area contributed by atoms with E-state index in [2.05, 4.69) is 106 Å². The predicted molar refractivity (Wildman–Crippen MR) is 156 cm³/mol. The first-order chi connectivity index (χ1) is 17.8. The number of pyridine rings is 1. The predicted octanol–water partition coefficient (Wildman–Crippen LogP) is 9.13. The minimum absolute atomic E-state index is 0.0470. The van der Waals surface area contributed by atoms with Crippen LogP contribution in [0.4, 0.5) is 0 Å². The van der Waals surface area contributed by atoms with Gasteiger partial charge < -0.3 is 0 Å². The van der Waals surface area contributed by atoms with Gasteiger partial charge in [-0.1, -0.05) is 93.9 Å². The van der Waals surface area contributed by atoms with Crippen molar-refractivity contribution in [3.05, 3.63) is 118 Å². The van der Waals surface area contributed by atoms with E-state index in [9.17, 15) is 0 Å². The van der Waals surface area contributed by atoms with Crippen LogP contribution in [-0.4, -0.2) is 4.98 Å². The first-order valence-electron chi connectivity index (χ1n) is 13.8. The van der Waals surface area contributed by atoms with Crippen LogP contribution in [0.5, 0.6) is 0 Å². The monoisotopic (exact) mass is 481 g/mol. The molecular weight excluding hydrogens is 446 g/mol. The Bertz CT molecular complexity index is 1630. The third kappa shape index (κ3) is 3.19. The summed E-state index contributed by atoms with van der Waals surface area (Å²) in [7, 11) is 0. The van der Waals surface area contributed by atoms with E-state index in [1.807, 2.05) is 12.3 Å². The van der Waals surface area contributed by atoms with E-state index < -0.39 is 0 Å². The van der Waals surface area contributed by atoms with Gasteiger partial charge >= 0.3 is 0 Å². The summed E-state index contributed by atoms with van der Waals surface area (Å²) in [6.45, 7) is 12.2. The third-order valence-corrected chi connectivity index (χ3v) is 9.65. The molecule has 0 amide bonds. The standard InChI is InChI=1S/C36H35N/c1-22-19-28-34-32-26(22)9-8-10-27(32)35(2,3)29-20-24(21-30(33(29)34)36(28,4)5)13-12-23-14-16-25(17-15-23)31-11-6-7-18-37-31/h6-11,14-19,21,29H,12-13,20H2,1-5H3. The van der Waals surface area contributed by atoms with Crippen LogP contribution in [-0.2, 0) is 17.3 Å². The molecule has 37 heavy (non-hydrogen) atoms. The van der Waals surface area contributed by atoms with Gasteiger partial charge in [-0.15, -0.1) is 0 Å². The molecule has 3 aromatic carbocycles. The topological polar surface area (TPSA) is 12.9 Å². The second-order valence-corrected chi connectivity index (χ2v) is 12.5. The maximum Gasteiger partial charge on any atom is 0.0701 e. The second kappa shape index (κ2) is 7.78. The van der Waals surface area contributed by atoms with Gasteiger partial charge in [0, 0.05) is 17.2 Å². The number of hydrogen-bond acceptors (Lipinski definition) is 1. The lowest BCUT2D eigenvalue weighted by Gasteiger charge is -2.44. The van der Waals surface area contributed by atoms with Gasteiger partial charge in [0.25, 0.3) is 0 Å². The van der Waals surface area contributed by atoms with Crippen LogP contribution in [0.1, 0.15) is 68.4 Å². The van der Waals surface area contributed by atoms with Crippen LogP contribution in [0.3, 0.4) is 0 Å². The molecule has 7 rings (SSSR count). The minimum Gasteiger partial charge on any atom is -0.256 e. The van der Waals surface area contributed by atoms with Gasteiger partial charge in [0.15, 0.2) is 0 Å². The number of allylic oxidation sites excluding steroid dienone is 4. The number of hydrogen-bond donors (Lipinski definition) is 0. The van der Waals surface area contributed by atoms with Crippen molar-refractivity contribution in [1.82, 2.24) is 4.98 Å². The maximum absolute atomic E-state index is 4.50. The Balaban J connectivity index is 1.26. The Labute approximate surface area is 221 Å². The maximum atomic E-state index is 4.50. The van der Waals surface area contributed by atoms with Crippen molar-refractivity contribution >= 4 is 16.3 Å². The summed E-state index contributed by atoms with van der Waals surface area (Å²) >= 11 is 0. The van der Waals surface area contributed by atoms with E-state index in [0.717, 1.165) is 25.0 Å². The quantitative estimate of drug-likeness (QED) is 0.283. The van der Waals surface area contributed by atoms with Crippen molar-refractivity contribution in [2.45, 2.75) is 64.7 Å². The van der Waals surface area contributed by atoms with Crippen molar-refractivity contribution in [1.29, 1.82) is 0 Å². The molecule has 1 unspecified atom stereocenters. The van der Waals surface area contributed by atoms with E-state index in [1.54, 1.807) is 27.8 Å². The molecule has 1 atom stereocenters. The summed E-state index contributed by atoms with van der Waals surface area (Å²) in [4.78, 5) is 4.50. The lowest BCUT2D eigenvalue weighted by Crippen LogP contribution is -2.35. The molecule has 0 radical (unpaired) electrons. The van der Waals surface area contributed by atoms with Gasteiger partial charge in [-0.2, -0.15) is 0 Å². The van der Waals surface area contributed by atoms with Crippen LogP contribution in [0.25, 0.3) is 27.6 Å². The molecule has 1 heteroatoms. The fraction of sp³-hybridized carbons (Fsp3) is 0.306. The highest BCUT2D eigenvalue weighted by molar-refractivity contribution is 6.06. The zero-order chi connectivity index (χ0) is 25.5. The van der Waals surface area contributed by atoms with Crippen molar-refractivity contribution in [3.8, 4) is 11.3 Å². The summed E-state index contributed by atoms with van der Waals surface area (Å²) in [6.07, 6.45) is 7.82. The zero-order valence-corrected chi connectivity index (χ0v) is 22.7. The van der Waals surface area contributed by atoms with Gasteiger partial charge in [-0.05, 0) is 99.4 Å². The van der Waals surface area contributed by atoms with E-state index in [4.69, 9.17) is 0 Å². The van der Waals surface area contributed by atoms with Crippen molar-refractivity contribution in [3.63, 3.8) is 0 Å². The first kappa shape index (κ1) is 22.7. The van der Waals surface area contributed by atoms with E-state index in [1.165, 1.54) is 33.0 Å². The molecule has 1 aromatic heterocycles. The third-order valence-electron chi connectivity index (χ3n) is 9.65. The summed E-state index contributed by atoms with van der Waals surface area (Å²) < 4.78 is 0. The molecule has 0 spiro atoms. The lowest BCUT2D eigenvalue weighted by molar-refractivity contribution is 0.381. The Kier molecular flexibility index (Phi) is 4.78. The van der Waals surface area contributed by atoms with E-state index in [-0.39, 0.29) is 10.8 Å². The van der Waals surface area contributed by atoms with E-state index >= 15 is 0 Å². The van der Waals surface area contributed by atoms with Crippen LogP contribution < -0.4 is 0 Å². The molecule has 4 aromatic rings. The van der Waals surface area contributed by atoms with Gasteiger partial charge in [-0.3, -0.25) is 4.98 Å². The van der Waals surface area contributed by atoms with E-state index in [0.29, 0.717) is 5.92 Å². The Morgan fingerprint density at radius 2 is 1.68 bits per heavy atom.